The van der Waals surface area contributed by atoms with Crippen molar-refractivity contribution in [2.24, 2.45) is 0 Å². The third-order valence-electron chi connectivity index (χ3n) is 5.00. The van der Waals surface area contributed by atoms with E-state index < -0.39 is 35.6 Å². The molecular weight excluding hydrogens is 448 g/mol. The van der Waals surface area contributed by atoms with Crippen LogP contribution in [0.4, 0.5) is 0 Å². The molecule has 4 aliphatic heterocycles. The van der Waals surface area contributed by atoms with Gasteiger partial charge in [0.05, 0.1) is 12.7 Å². The van der Waals surface area contributed by atoms with Gasteiger partial charge < -0.3 is 28.6 Å². The number of carbonyl (C=O) groups excluding carboxylic acids is 6. The second-order valence-corrected chi connectivity index (χ2v) is 7.37. The first kappa shape index (κ1) is 24.7. The first-order valence-electron chi connectivity index (χ1n) is 10.3. The second-order valence-electron chi connectivity index (χ2n) is 7.37. The Kier molecular flexibility index (Phi) is 8.43. The van der Waals surface area contributed by atoms with Gasteiger partial charge in [0.1, 0.15) is 25.4 Å². The molecule has 0 aromatic carbocycles. The molecule has 14 heteroatoms. The number of hydrogen-bond donors (Lipinski definition) is 0. The molecule has 0 aliphatic carbocycles. The number of imide groups is 2. The number of amides is 4. The summed E-state index contributed by atoms with van der Waals surface area (Å²) >= 11 is 0. The fraction of sp³-hybridized carbons (Fsp3) is 0.684. The maximum absolute atomic E-state index is 11.6. The van der Waals surface area contributed by atoms with Crippen molar-refractivity contribution >= 4 is 35.6 Å². The first-order valence-corrected chi connectivity index (χ1v) is 10.3. The molecule has 3 atom stereocenters. The van der Waals surface area contributed by atoms with E-state index in [0.29, 0.717) is 23.3 Å². The molecule has 3 unspecified atom stereocenters. The summed E-state index contributed by atoms with van der Waals surface area (Å²) in [4.78, 5) is 75.9. The van der Waals surface area contributed by atoms with Crippen molar-refractivity contribution in [2.45, 2.75) is 50.4 Å². The van der Waals surface area contributed by atoms with Crippen molar-refractivity contribution in [3.8, 4) is 0 Å². The third-order valence-corrected chi connectivity index (χ3v) is 5.00. The van der Waals surface area contributed by atoms with E-state index in [-0.39, 0.29) is 57.2 Å². The molecule has 4 rings (SSSR count). The number of hydrogen-bond acceptors (Lipinski definition) is 12. The van der Waals surface area contributed by atoms with Crippen LogP contribution in [0, 0.1) is 0 Å². The quantitative estimate of drug-likeness (QED) is 0.391. The smallest absolute Gasteiger partial charge is 0.358 e. The molecule has 0 radical (unpaired) electrons. The van der Waals surface area contributed by atoms with E-state index in [0.717, 1.165) is 6.42 Å². The van der Waals surface area contributed by atoms with Gasteiger partial charge in [-0.05, 0) is 6.42 Å². The zero-order valence-electron chi connectivity index (χ0n) is 17.9. The summed E-state index contributed by atoms with van der Waals surface area (Å²) < 4.78 is 20.8. The van der Waals surface area contributed by atoms with Crippen LogP contribution < -0.4 is 0 Å². The number of fused-ring (bicyclic) bond motifs is 1. The molecule has 4 saturated heterocycles. The zero-order valence-corrected chi connectivity index (χ0v) is 17.9. The fourth-order valence-corrected chi connectivity index (χ4v) is 3.44. The number of nitrogens with zero attached hydrogens (tertiary/aromatic N) is 2. The van der Waals surface area contributed by atoms with Crippen molar-refractivity contribution < 1.29 is 57.4 Å². The lowest BCUT2D eigenvalue weighted by molar-refractivity contribution is -0.202. The van der Waals surface area contributed by atoms with Gasteiger partial charge in [0.2, 0.25) is 0 Å². The lowest BCUT2D eigenvalue weighted by Gasteiger charge is -2.17. The van der Waals surface area contributed by atoms with Crippen LogP contribution in [0.15, 0.2) is 0 Å². The molecule has 0 saturated carbocycles. The van der Waals surface area contributed by atoms with Crippen LogP contribution in [0.25, 0.3) is 0 Å². The van der Waals surface area contributed by atoms with E-state index in [1.165, 1.54) is 7.11 Å². The highest BCUT2D eigenvalue weighted by atomic mass is 16.7. The number of methoxy groups -OCH3 is 1. The third kappa shape index (κ3) is 6.31. The maximum Gasteiger partial charge on any atom is 0.358 e. The molecule has 0 bridgehead atoms. The van der Waals surface area contributed by atoms with Gasteiger partial charge in [-0.1, -0.05) is 0 Å². The molecule has 0 spiro atoms. The van der Waals surface area contributed by atoms with Crippen LogP contribution in [0.5, 0.6) is 0 Å². The highest BCUT2D eigenvalue weighted by Crippen LogP contribution is 2.28. The summed E-state index contributed by atoms with van der Waals surface area (Å²) in [6.07, 6.45) is 0.710. The Hall–Kier alpha value is -2.94. The first-order chi connectivity index (χ1) is 15.8. The number of ether oxygens (including phenoxy) is 4. The highest BCUT2D eigenvalue weighted by molar-refractivity contribution is 6.02. The van der Waals surface area contributed by atoms with Gasteiger partial charge in [0, 0.05) is 39.4 Å². The van der Waals surface area contributed by atoms with E-state index >= 15 is 0 Å². The lowest BCUT2D eigenvalue weighted by Crippen LogP contribution is -2.36. The predicted molar refractivity (Wildman–Crippen MR) is 100 cm³/mol. The van der Waals surface area contributed by atoms with Gasteiger partial charge in [0.15, 0.2) is 0 Å². The topological polar surface area (TPSA) is 164 Å². The van der Waals surface area contributed by atoms with Crippen LogP contribution in [-0.2, 0) is 57.4 Å². The van der Waals surface area contributed by atoms with Crippen molar-refractivity contribution in [3.63, 3.8) is 0 Å². The van der Waals surface area contributed by atoms with E-state index in [1.807, 2.05) is 0 Å². The van der Waals surface area contributed by atoms with Crippen molar-refractivity contribution in [1.82, 2.24) is 10.1 Å². The van der Waals surface area contributed by atoms with Gasteiger partial charge >= 0.3 is 11.9 Å². The Labute approximate surface area is 187 Å². The molecule has 4 aliphatic rings. The van der Waals surface area contributed by atoms with Crippen molar-refractivity contribution in [2.75, 3.05) is 33.5 Å². The van der Waals surface area contributed by atoms with Gasteiger partial charge in [-0.3, -0.25) is 19.2 Å². The summed E-state index contributed by atoms with van der Waals surface area (Å²) in [5, 5.41) is 0.993. The van der Waals surface area contributed by atoms with Gasteiger partial charge in [-0.15, -0.1) is 10.1 Å². The molecule has 0 aromatic rings. The van der Waals surface area contributed by atoms with Crippen molar-refractivity contribution in [1.29, 1.82) is 0 Å². The van der Waals surface area contributed by atoms with Crippen LogP contribution in [-0.4, -0.2) is 97.5 Å². The molecule has 182 valence electrons. The molecule has 4 fully saturated rings. The van der Waals surface area contributed by atoms with E-state index in [1.54, 1.807) is 0 Å². The van der Waals surface area contributed by atoms with Crippen LogP contribution >= 0.6 is 0 Å². The lowest BCUT2D eigenvalue weighted by atomic mass is 10.1. The Morgan fingerprint density at radius 3 is 1.88 bits per heavy atom. The Morgan fingerprint density at radius 1 is 0.848 bits per heavy atom. The highest BCUT2D eigenvalue weighted by Gasteiger charge is 2.43. The Morgan fingerprint density at radius 2 is 1.36 bits per heavy atom. The van der Waals surface area contributed by atoms with Crippen LogP contribution in [0.3, 0.4) is 0 Å². The molecule has 4 heterocycles. The molecule has 0 aromatic heterocycles. The Bertz CT molecular complexity index is 783. The molecule has 4 amide bonds. The van der Waals surface area contributed by atoms with Crippen LogP contribution in [0.1, 0.15) is 32.1 Å². The summed E-state index contributed by atoms with van der Waals surface area (Å²) in [6, 6.07) is 0. The minimum absolute atomic E-state index is 0.0257. The SMILES string of the molecule is COCC(=O)ON1C(=O)CCC1=O.O=C(COC1COC2CCOC21)ON1C(=O)CCC1=O. The zero-order chi connectivity index (χ0) is 24.0. The van der Waals surface area contributed by atoms with Crippen molar-refractivity contribution in [3.05, 3.63) is 0 Å². The number of hydroxylamine groups is 4. The minimum atomic E-state index is -0.782. The van der Waals surface area contributed by atoms with E-state index in [9.17, 15) is 28.8 Å². The fourth-order valence-electron chi connectivity index (χ4n) is 3.44. The van der Waals surface area contributed by atoms with E-state index in [4.69, 9.17) is 19.0 Å². The summed E-state index contributed by atoms with van der Waals surface area (Å²) in [5.41, 5.74) is 0. The second kappa shape index (κ2) is 11.3. The maximum atomic E-state index is 11.6. The normalized spacial score (nSPS) is 26.4. The summed E-state index contributed by atoms with van der Waals surface area (Å²) in [7, 11) is 1.31. The summed E-state index contributed by atoms with van der Waals surface area (Å²) in [6.45, 7) is 0.356. The van der Waals surface area contributed by atoms with Crippen LogP contribution in [0.2, 0.25) is 0 Å². The van der Waals surface area contributed by atoms with Gasteiger partial charge in [-0.25, -0.2) is 9.59 Å². The molecule has 0 N–H and O–H groups in total. The largest absolute Gasteiger partial charge is 0.373 e. The molecule has 14 nitrogen and oxygen atoms in total. The predicted octanol–water partition coefficient (Wildman–Crippen LogP) is -1.59. The number of rotatable bonds is 7. The van der Waals surface area contributed by atoms with Gasteiger partial charge in [0.25, 0.3) is 23.6 Å². The summed E-state index contributed by atoms with van der Waals surface area (Å²) in [5.74, 6) is -3.54. The number of carbonyl (C=O) groups is 6. The molecule has 33 heavy (non-hydrogen) atoms. The average Bonchev–Trinajstić information content (AvgIpc) is 3.53. The van der Waals surface area contributed by atoms with E-state index in [2.05, 4.69) is 9.57 Å². The van der Waals surface area contributed by atoms with Gasteiger partial charge in [-0.2, -0.15) is 0 Å². The molecular formula is C19H24N2O12. The Balaban J connectivity index is 0.000000205. The minimum Gasteiger partial charge on any atom is -0.373 e. The standard InChI is InChI=1S/C12H15NO7.C7H9NO5/c14-9-1-2-10(15)13(9)20-11(16)6-19-8-5-18-7-3-4-17-12(7)8;1-12-4-7(11)13-8-5(9)2-3-6(8)10/h7-8,12H,1-6H2;2-4H2,1H3. The average molecular weight is 472 g/mol. The monoisotopic (exact) mass is 472 g/mol.